The molecule has 0 atom stereocenters. The van der Waals surface area contributed by atoms with Gasteiger partial charge in [0.15, 0.2) is 0 Å². The van der Waals surface area contributed by atoms with Gasteiger partial charge in [-0.2, -0.15) is 0 Å². The molecule has 3 aromatic heterocycles. The van der Waals surface area contributed by atoms with Crippen LogP contribution in [0.2, 0.25) is 4.34 Å². The molecule has 6 heteroatoms. The molecule has 0 bridgehead atoms. The first-order valence-electron chi connectivity index (χ1n) is 7.54. The molecule has 4 nitrogen and oxygen atoms in total. The zero-order valence-corrected chi connectivity index (χ0v) is 15.1. The van der Waals surface area contributed by atoms with Crippen LogP contribution in [0.15, 0.2) is 23.2 Å². The van der Waals surface area contributed by atoms with Crippen LogP contribution >= 0.6 is 22.9 Å². The molecule has 24 heavy (non-hydrogen) atoms. The molecule has 0 saturated carbocycles. The van der Waals surface area contributed by atoms with E-state index in [1.165, 1.54) is 16.9 Å². The largest absolute Gasteiger partial charge is 0.494 e. The Labute approximate surface area is 147 Å². The van der Waals surface area contributed by atoms with Gasteiger partial charge in [-0.3, -0.25) is 0 Å². The molecule has 122 valence electrons. The fraction of sp³-hybridized carbons (Fsp3) is 0.167. The highest BCUT2D eigenvalue weighted by Crippen LogP contribution is 2.13. The van der Waals surface area contributed by atoms with Crippen molar-refractivity contribution in [3.8, 4) is 5.75 Å². The Morgan fingerprint density at radius 3 is 2.71 bits per heavy atom. The van der Waals surface area contributed by atoms with Crippen molar-refractivity contribution >= 4 is 40.8 Å². The van der Waals surface area contributed by atoms with E-state index in [-0.39, 0.29) is 0 Å². The van der Waals surface area contributed by atoms with Gasteiger partial charge in [0.1, 0.15) is 5.75 Å². The van der Waals surface area contributed by atoms with Gasteiger partial charge >= 0.3 is 0 Å². The van der Waals surface area contributed by atoms with Gasteiger partial charge in [-0.1, -0.05) is 11.6 Å². The van der Waals surface area contributed by atoms with E-state index < -0.39 is 0 Å². The van der Waals surface area contributed by atoms with Crippen molar-refractivity contribution in [2.45, 2.75) is 13.8 Å². The van der Waals surface area contributed by atoms with Crippen LogP contribution in [-0.4, -0.2) is 17.1 Å². The summed E-state index contributed by atoms with van der Waals surface area (Å²) in [4.78, 5) is 11.4. The summed E-state index contributed by atoms with van der Waals surface area (Å²) in [7, 11) is 1.67. The summed E-state index contributed by atoms with van der Waals surface area (Å²) in [5.41, 5.74) is 4.30. The van der Waals surface area contributed by atoms with Crippen molar-refractivity contribution in [1.82, 2.24) is 9.97 Å². The average Bonchev–Trinajstić information content (AvgIpc) is 3.23. The molecule has 0 unspecified atom stereocenters. The van der Waals surface area contributed by atoms with Crippen molar-refractivity contribution in [2.75, 3.05) is 7.11 Å². The van der Waals surface area contributed by atoms with Gasteiger partial charge < -0.3 is 14.7 Å². The second-order valence-corrected chi connectivity index (χ2v) is 7.51. The van der Waals surface area contributed by atoms with Gasteiger partial charge in [0.05, 0.1) is 37.7 Å². The van der Waals surface area contributed by atoms with Gasteiger partial charge in [-0.05, 0) is 43.7 Å². The predicted molar refractivity (Wildman–Crippen MR) is 98.4 cm³/mol. The molecule has 4 heterocycles. The molecule has 3 aromatic rings. The Morgan fingerprint density at radius 2 is 2.04 bits per heavy atom. The van der Waals surface area contributed by atoms with Crippen molar-refractivity contribution in [3.05, 3.63) is 60.1 Å². The Balaban J connectivity index is 1.90. The second kappa shape index (κ2) is 5.69. The van der Waals surface area contributed by atoms with Gasteiger partial charge in [0.25, 0.3) is 0 Å². The Morgan fingerprint density at radius 1 is 1.21 bits per heavy atom. The second-order valence-electron chi connectivity index (χ2n) is 5.80. The fourth-order valence-corrected chi connectivity index (χ4v) is 4.00. The molecule has 0 fully saturated rings. The number of ether oxygens (including phenoxy) is 1. The fourth-order valence-electron chi connectivity index (χ4n) is 2.89. The lowest BCUT2D eigenvalue weighted by atomic mass is 10.2. The number of nitrogens with one attached hydrogen (secondary N) is 2. The summed E-state index contributed by atoms with van der Waals surface area (Å²) < 4.78 is 7.37. The summed E-state index contributed by atoms with van der Waals surface area (Å²) >= 11 is 7.56. The van der Waals surface area contributed by atoms with E-state index in [9.17, 15) is 0 Å². The summed E-state index contributed by atoms with van der Waals surface area (Å²) in [5.74, 6) is 0.793. The molecule has 0 aliphatic carbocycles. The predicted octanol–water partition coefficient (Wildman–Crippen LogP) is 1.73. The SMILES string of the molecule is COc1cc(=C2C=c3sc(Cl)cc3=N2)[nH]c1=Cc1[nH]c(C)cc1C. The zero-order chi connectivity index (χ0) is 16.8. The number of H-pyrrole nitrogens is 2. The smallest absolute Gasteiger partial charge is 0.144 e. The first kappa shape index (κ1) is 15.3. The number of thiophene rings is 1. The molecule has 0 saturated heterocycles. The third-order valence-corrected chi connectivity index (χ3v) is 5.20. The molecular weight excluding hydrogens is 342 g/mol. The van der Waals surface area contributed by atoms with Crippen LogP contribution in [0.4, 0.5) is 0 Å². The number of fused-ring (bicyclic) bond motifs is 1. The standard InChI is InChI=1S/C18H16ClN3OS/c1-9-4-10(2)20-11(9)5-14-16(23-3)6-12(21-14)13-7-17-15(22-13)8-18(19)24-17/h4-8,20-21H,1-3H3. The minimum atomic E-state index is 0.759. The highest BCUT2D eigenvalue weighted by atomic mass is 35.5. The van der Waals surface area contributed by atoms with Gasteiger partial charge in [0.2, 0.25) is 0 Å². The monoisotopic (exact) mass is 357 g/mol. The number of methoxy groups -OCH3 is 1. The minimum absolute atomic E-state index is 0.759. The summed E-state index contributed by atoms with van der Waals surface area (Å²) in [6, 6.07) is 5.99. The number of nitrogens with zero attached hydrogens (tertiary/aromatic N) is 1. The molecule has 1 aliphatic rings. The zero-order valence-electron chi connectivity index (χ0n) is 13.5. The Kier molecular flexibility index (Phi) is 3.62. The van der Waals surface area contributed by atoms with Crippen LogP contribution in [-0.2, 0) is 0 Å². The highest BCUT2D eigenvalue weighted by Gasteiger charge is 2.08. The van der Waals surface area contributed by atoms with E-state index in [0.29, 0.717) is 0 Å². The molecule has 4 rings (SSSR count). The summed E-state index contributed by atoms with van der Waals surface area (Å²) in [5, 5.41) is 2.77. The number of halogens is 1. The quantitative estimate of drug-likeness (QED) is 0.721. The molecule has 0 aromatic carbocycles. The maximum absolute atomic E-state index is 6.02. The van der Waals surface area contributed by atoms with E-state index in [1.807, 2.05) is 25.1 Å². The van der Waals surface area contributed by atoms with E-state index >= 15 is 0 Å². The van der Waals surface area contributed by atoms with E-state index in [4.69, 9.17) is 16.3 Å². The third kappa shape index (κ3) is 2.60. The molecule has 1 aliphatic heterocycles. The Bertz CT molecular complexity index is 1140. The molecular formula is C18H16ClN3OS. The van der Waals surface area contributed by atoms with Gasteiger partial charge in [0, 0.05) is 17.5 Å². The number of aromatic nitrogens is 2. The lowest BCUT2D eigenvalue weighted by Gasteiger charge is -1.94. The normalized spacial score (nSPS) is 16.1. The van der Waals surface area contributed by atoms with Crippen LogP contribution in [0.25, 0.3) is 17.8 Å². The minimum Gasteiger partial charge on any atom is -0.494 e. The number of hydrogen-bond acceptors (Lipinski definition) is 3. The van der Waals surface area contributed by atoms with E-state index in [2.05, 4.69) is 34.0 Å². The number of rotatable bonds is 2. The molecule has 2 N–H and O–H groups in total. The number of hydrogen-bond donors (Lipinski definition) is 2. The van der Waals surface area contributed by atoms with Crippen LogP contribution < -0.4 is 25.3 Å². The van der Waals surface area contributed by atoms with Crippen LogP contribution in [0.3, 0.4) is 0 Å². The maximum Gasteiger partial charge on any atom is 0.144 e. The van der Waals surface area contributed by atoms with Crippen LogP contribution in [0.5, 0.6) is 5.75 Å². The van der Waals surface area contributed by atoms with Crippen molar-refractivity contribution in [1.29, 1.82) is 0 Å². The van der Waals surface area contributed by atoms with Crippen molar-refractivity contribution in [2.24, 2.45) is 4.99 Å². The van der Waals surface area contributed by atoms with E-state index in [1.54, 1.807) is 7.11 Å². The molecule has 0 spiro atoms. The van der Waals surface area contributed by atoms with Gasteiger partial charge in [-0.25, -0.2) is 4.99 Å². The first-order chi connectivity index (χ1) is 11.5. The summed E-state index contributed by atoms with van der Waals surface area (Å²) in [6.07, 6.45) is 4.11. The van der Waals surface area contributed by atoms with Crippen LogP contribution in [0, 0.1) is 13.8 Å². The molecule has 0 amide bonds. The maximum atomic E-state index is 6.02. The first-order valence-corrected chi connectivity index (χ1v) is 8.74. The summed E-state index contributed by atoms with van der Waals surface area (Å²) in [6.45, 7) is 4.13. The highest BCUT2D eigenvalue weighted by molar-refractivity contribution is 7.14. The molecule has 0 radical (unpaired) electrons. The third-order valence-electron chi connectivity index (χ3n) is 4.00. The van der Waals surface area contributed by atoms with Crippen molar-refractivity contribution < 1.29 is 4.74 Å². The van der Waals surface area contributed by atoms with E-state index in [0.717, 1.165) is 47.8 Å². The number of aryl methyl sites for hydroxylation is 2. The average molecular weight is 358 g/mol. The van der Waals surface area contributed by atoms with Gasteiger partial charge in [-0.15, -0.1) is 11.3 Å². The number of aromatic amines is 2. The topological polar surface area (TPSA) is 53.2 Å². The lowest BCUT2D eigenvalue weighted by molar-refractivity contribution is 0.412. The lowest BCUT2D eigenvalue weighted by Crippen LogP contribution is -2.12. The van der Waals surface area contributed by atoms with Crippen LogP contribution in [0.1, 0.15) is 17.0 Å². The Hall–Kier alpha value is -2.24. The van der Waals surface area contributed by atoms with Crippen molar-refractivity contribution in [3.63, 3.8) is 0 Å².